The van der Waals surface area contributed by atoms with Crippen LogP contribution in [0.4, 0.5) is 5.69 Å². The Bertz CT molecular complexity index is 708. The van der Waals surface area contributed by atoms with E-state index in [0.717, 1.165) is 17.0 Å². The summed E-state index contributed by atoms with van der Waals surface area (Å²) in [4.78, 5) is 13.9. The van der Waals surface area contributed by atoms with E-state index in [1.807, 2.05) is 42.5 Å². The molecule has 1 aliphatic heterocycles. The van der Waals surface area contributed by atoms with Crippen LogP contribution >= 0.6 is 0 Å². The molecule has 5 heteroatoms. The van der Waals surface area contributed by atoms with Crippen molar-refractivity contribution in [3.8, 4) is 5.75 Å². The lowest BCUT2D eigenvalue weighted by atomic mass is 10.1. The summed E-state index contributed by atoms with van der Waals surface area (Å²) in [5.41, 5.74) is 2.46. The molecule has 0 saturated heterocycles. The molecule has 0 bridgehead atoms. The summed E-state index contributed by atoms with van der Waals surface area (Å²) in [7, 11) is 1.61. The van der Waals surface area contributed by atoms with Gasteiger partial charge in [0.05, 0.1) is 19.3 Å². The average Bonchev–Trinajstić information content (AvgIpc) is 2.80. The van der Waals surface area contributed by atoms with Gasteiger partial charge in [-0.2, -0.15) is 0 Å². The van der Waals surface area contributed by atoms with E-state index >= 15 is 0 Å². The minimum atomic E-state index is -0.297. The number of hydrogen-bond acceptors (Lipinski definition) is 4. The van der Waals surface area contributed by atoms with E-state index in [0.29, 0.717) is 12.1 Å². The maximum atomic E-state index is 12.3. The smallest absolute Gasteiger partial charge is 0.281 e. The first-order valence-electron chi connectivity index (χ1n) is 6.51. The van der Waals surface area contributed by atoms with E-state index in [2.05, 4.69) is 5.16 Å². The molecule has 0 saturated carbocycles. The zero-order valence-corrected chi connectivity index (χ0v) is 11.5. The lowest BCUT2D eigenvalue weighted by Gasteiger charge is -2.17. The molecule has 0 spiro atoms. The van der Waals surface area contributed by atoms with Crippen LogP contribution in [0, 0.1) is 0 Å². The van der Waals surface area contributed by atoms with Gasteiger partial charge >= 0.3 is 0 Å². The molecule has 1 amide bonds. The van der Waals surface area contributed by atoms with Crippen molar-refractivity contribution in [2.45, 2.75) is 6.54 Å². The van der Waals surface area contributed by atoms with E-state index in [9.17, 15) is 4.79 Å². The molecule has 106 valence electrons. The van der Waals surface area contributed by atoms with Gasteiger partial charge in [-0.1, -0.05) is 35.5 Å². The van der Waals surface area contributed by atoms with Gasteiger partial charge < -0.3 is 14.8 Å². The van der Waals surface area contributed by atoms with Gasteiger partial charge in [-0.25, -0.2) is 0 Å². The highest BCUT2D eigenvalue weighted by atomic mass is 16.5. The third kappa shape index (κ3) is 2.23. The lowest BCUT2D eigenvalue weighted by Crippen LogP contribution is -2.29. The Hall–Kier alpha value is -2.82. The fourth-order valence-electron chi connectivity index (χ4n) is 2.43. The summed E-state index contributed by atoms with van der Waals surface area (Å²) < 4.78 is 5.12. The SMILES string of the molecule is COc1ccc(CN2C(=O)/C(=N\O)c3ccccc32)cc1. The third-order valence-corrected chi connectivity index (χ3v) is 3.50. The number of carbonyl (C=O) groups is 1. The monoisotopic (exact) mass is 282 g/mol. The second kappa shape index (κ2) is 5.28. The van der Waals surface area contributed by atoms with Crippen LogP contribution in [0.25, 0.3) is 0 Å². The second-order valence-electron chi connectivity index (χ2n) is 4.71. The normalized spacial score (nSPS) is 15.4. The largest absolute Gasteiger partial charge is 0.497 e. The number of anilines is 1. The van der Waals surface area contributed by atoms with Crippen LogP contribution in [-0.4, -0.2) is 23.9 Å². The van der Waals surface area contributed by atoms with Crippen molar-refractivity contribution in [3.05, 3.63) is 59.7 Å². The number of hydrogen-bond donors (Lipinski definition) is 1. The summed E-state index contributed by atoms with van der Waals surface area (Å²) in [5, 5.41) is 12.2. The molecule has 0 aromatic heterocycles. The van der Waals surface area contributed by atoms with Gasteiger partial charge in [-0.05, 0) is 23.8 Å². The Balaban J connectivity index is 1.93. The molecule has 0 atom stereocenters. The molecular formula is C16H14N2O3. The number of nitrogens with zero attached hydrogens (tertiary/aromatic N) is 2. The zero-order valence-electron chi connectivity index (χ0n) is 11.5. The van der Waals surface area contributed by atoms with Gasteiger partial charge in [0.1, 0.15) is 5.75 Å². The topological polar surface area (TPSA) is 62.1 Å². The Kier molecular flexibility index (Phi) is 3.31. The van der Waals surface area contributed by atoms with E-state index in [-0.39, 0.29) is 11.6 Å². The molecule has 1 heterocycles. The molecule has 0 aliphatic carbocycles. The van der Waals surface area contributed by atoms with Crippen LogP contribution in [0.3, 0.4) is 0 Å². The summed E-state index contributed by atoms with van der Waals surface area (Å²) in [6, 6.07) is 14.8. The zero-order chi connectivity index (χ0) is 14.8. The molecule has 1 aliphatic rings. The fraction of sp³-hybridized carbons (Fsp3) is 0.125. The van der Waals surface area contributed by atoms with Crippen molar-refractivity contribution in [3.63, 3.8) is 0 Å². The maximum Gasteiger partial charge on any atom is 0.281 e. The second-order valence-corrected chi connectivity index (χ2v) is 4.71. The maximum absolute atomic E-state index is 12.3. The van der Waals surface area contributed by atoms with Gasteiger partial charge in [-0.3, -0.25) is 4.79 Å². The molecule has 0 fully saturated rings. The summed E-state index contributed by atoms with van der Waals surface area (Å²) >= 11 is 0. The van der Waals surface area contributed by atoms with Crippen LogP contribution in [-0.2, 0) is 11.3 Å². The highest BCUT2D eigenvalue weighted by Crippen LogP contribution is 2.30. The lowest BCUT2D eigenvalue weighted by molar-refractivity contribution is -0.112. The molecule has 0 radical (unpaired) electrons. The van der Waals surface area contributed by atoms with Gasteiger partial charge in [0, 0.05) is 5.56 Å². The Morgan fingerprint density at radius 3 is 2.52 bits per heavy atom. The van der Waals surface area contributed by atoms with E-state index in [1.165, 1.54) is 0 Å². The van der Waals surface area contributed by atoms with Crippen molar-refractivity contribution >= 4 is 17.3 Å². The molecular weight excluding hydrogens is 268 g/mol. The fourth-order valence-corrected chi connectivity index (χ4v) is 2.43. The van der Waals surface area contributed by atoms with Crippen LogP contribution < -0.4 is 9.64 Å². The van der Waals surface area contributed by atoms with Gasteiger partial charge in [0.15, 0.2) is 5.71 Å². The number of benzene rings is 2. The van der Waals surface area contributed by atoms with E-state index in [4.69, 9.17) is 9.94 Å². The summed E-state index contributed by atoms with van der Waals surface area (Å²) in [5.74, 6) is 0.471. The van der Waals surface area contributed by atoms with Crippen molar-refractivity contribution in [2.75, 3.05) is 12.0 Å². The van der Waals surface area contributed by atoms with Crippen LogP contribution in [0.1, 0.15) is 11.1 Å². The number of rotatable bonds is 3. The molecule has 1 N–H and O–H groups in total. The highest BCUT2D eigenvalue weighted by molar-refractivity contribution is 6.54. The number of fused-ring (bicyclic) bond motifs is 1. The number of para-hydroxylation sites is 1. The predicted octanol–water partition coefficient (Wildman–Crippen LogP) is 2.42. The third-order valence-electron chi connectivity index (χ3n) is 3.50. The molecule has 21 heavy (non-hydrogen) atoms. The van der Waals surface area contributed by atoms with Gasteiger partial charge in [0.25, 0.3) is 5.91 Å². The first-order chi connectivity index (χ1) is 10.2. The molecule has 3 rings (SSSR count). The van der Waals surface area contributed by atoms with Gasteiger partial charge in [-0.15, -0.1) is 0 Å². The summed E-state index contributed by atoms with van der Waals surface area (Å²) in [6.45, 7) is 0.416. The quantitative estimate of drug-likeness (QED) is 0.694. The van der Waals surface area contributed by atoms with Crippen LogP contribution in [0.15, 0.2) is 53.7 Å². The van der Waals surface area contributed by atoms with Crippen LogP contribution in [0.2, 0.25) is 0 Å². The number of ether oxygens (including phenoxy) is 1. The molecule has 0 unspecified atom stereocenters. The predicted molar refractivity (Wildman–Crippen MR) is 78.9 cm³/mol. The van der Waals surface area contributed by atoms with Crippen molar-refractivity contribution in [2.24, 2.45) is 5.16 Å². The standard InChI is InChI=1S/C16H14N2O3/c1-21-12-8-6-11(7-9-12)10-18-14-5-3-2-4-13(14)15(17-20)16(18)19/h2-9,20H,10H2,1H3/b17-15-. The van der Waals surface area contributed by atoms with Gasteiger partial charge in [0.2, 0.25) is 0 Å². The van der Waals surface area contributed by atoms with Crippen LogP contribution in [0.5, 0.6) is 5.75 Å². The first-order valence-corrected chi connectivity index (χ1v) is 6.51. The Labute approximate surface area is 122 Å². The number of methoxy groups -OCH3 is 1. The minimum absolute atomic E-state index is 0.0825. The van der Waals surface area contributed by atoms with Crippen molar-refractivity contribution in [1.29, 1.82) is 0 Å². The van der Waals surface area contributed by atoms with Crippen molar-refractivity contribution < 1.29 is 14.7 Å². The first kappa shape index (κ1) is 13.2. The van der Waals surface area contributed by atoms with E-state index < -0.39 is 0 Å². The van der Waals surface area contributed by atoms with E-state index in [1.54, 1.807) is 18.1 Å². The molecule has 5 nitrogen and oxygen atoms in total. The highest BCUT2D eigenvalue weighted by Gasteiger charge is 2.34. The Morgan fingerprint density at radius 2 is 1.86 bits per heavy atom. The number of carbonyl (C=O) groups excluding carboxylic acids is 1. The minimum Gasteiger partial charge on any atom is -0.497 e. The van der Waals surface area contributed by atoms with Crippen molar-refractivity contribution in [1.82, 2.24) is 0 Å². The number of oxime groups is 1. The molecule has 2 aromatic rings. The Morgan fingerprint density at radius 1 is 1.14 bits per heavy atom. The molecule has 2 aromatic carbocycles. The summed E-state index contributed by atoms with van der Waals surface area (Å²) in [6.07, 6.45) is 0. The average molecular weight is 282 g/mol. The number of amides is 1.